The molecule has 0 fully saturated rings. The summed E-state index contributed by atoms with van der Waals surface area (Å²) < 4.78 is 71.9. The van der Waals surface area contributed by atoms with Crippen LogP contribution < -0.4 is 4.31 Å². The van der Waals surface area contributed by atoms with E-state index in [-0.39, 0.29) is 22.9 Å². The monoisotopic (exact) mass is 457 g/mol. The Balaban J connectivity index is 1.56. The van der Waals surface area contributed by atoms with E-state index in [0.717, 1.165) is 0 Å². The Labute approximate surface area is 181 Å². The maximum atomic E-state index is 13.4. The second kappa shape index (κ2) is 7.49. The number of halogens is 3. The van der Waals surface area contributed by atoms with Crippen LogP contribution in [0.4, 0.5) is 18.9 Å². The molecule has 10 heteroatoms. The van der Waals surface area contributed by atoms with Gasteiger partial charge in [-0.15, -0.1) is 10.2 Å². The molecule has 0 saturated heterocycles. The first-order valence-electron chi connectivity index (χ1n) is 9.47. The van der Waals surface area contributed by atoms with Crippen LogP contribution in [0.25, 0.3) is 22.6 Å². The highest BCUT2D eigenvalue weighted by Gasteiger charge is 2.36. The average Bonchev–Trinajstić information content (AvgIpc) is 3.38. The van der Waals surface area contributed by atoms with Gasteiger partial charge in [0.05, 0.1) is 17.1 Å². The molecule has 0 bridgehead atoms. The van der Waals surface area contributed by atoms with Gasteiger partial charge in [0.2, 0.25) is 5.89 Å². The molecule has 32 heavy (non-hydrogen) atoms. The molecular formula is C22H14F3N3O3S. The van der Waals surface area contributed by atoms with E-state index in [1.54, 1.807) is 48.5 Å². The van der Waals surface area contributed by atoms with Crippen molar-refractivity contribution < 1.29 is 26.0 Å². The summed E-state index contributed by atoms with van der Waals surface area (Å²) in [6.07, 6.45) is -2.92. The van der Waals surface area contributed by atoms with Crippen molar-refractivity contribution in [1.82, 2.24) is 10.2 Å². The fraction of sp³-hybridized carbons (Fsp3) is 0.0909. The molecule has 0 aliphatic carbocycles. The molecule has 1 aliphatic heterocycles. The Morgan fingerprint density at radius 2 is 1.66 bits per heavy atom. The van der Waals surface area contributed by atoms with Crippen LogP contribution in [0.2, 0.25) is 0 Å². The number of nitrogens with zero attached hydrogens (tertiary/aromatic N) is 3. The summed E-state index contributed by atoms with van der Waals surface area (Å²) in [5.74, 6) is -1.42. The van der Waals surface area contributed by atoms with E-state index in [1.165, 1.54) is 22.5 Å². The molecule has 5 rings (SSSR count). The van der Waals surface area contributed by atoms with Gasteiger partial charge in [0.15, 0.2) is 0 Å². The number of alkyl halides is 2. The Bertz CT molecular complexity index is 1420. The molecule has 1 aliphatic rings. The highest BCUT2D eigenvalue weighted by Crippen LogP contribution is 2.41. The van der Waals surface area contributed by atoms with E-state index in [4.69, 9.17) is 4.42 Å². The number of para-hydroxylation sites is 1. The zero-order chi connectivity index (χ0) is 22.5. The highest BCUT2D eigenvalue weighted by molar-refractivity contribution is 7.93. The Kier molecular flexibility index (Phi) is 4.74. The molecule has 3 aromatic carbocycles. The SMILES string of the molecule is O=S1(=O)c2cc(-c3nnc(C(F)F)o3)ccc2CN1c1ccccc1-c1ccc(F)cc1. The molecule has 0 atom stereocenters. The van der Waals surface area contributed by atoms with Crippen molar-refractivity contribution in [1.29, 1.82) is 0 Å². The minimum atomic E-state index is -3.96. The van der Waals surface area contributed by atoms with E-state index in [9.17, 15) is 21.6 Å². The van der Waals surface area contributed by atoms with E-state index in [0.29, 0.717) is 22.4 Å². The smallest absolute Gasteiger partial charge is 0.314 e. The van der Waals surface area contributed by atoms with Gasteiger partial charge in [0, 0.05) is 11.1 Å². The fourth-order valence-electron chi connectivity index (χ4n) is 3.64. The summed E-state index contributed by atoms with van der Waals surface area (Å²) in [6, 6.07) is 17.2. The Hall–Kier alpha value is -3.66. The topological polar surface area (TPSA) is 76.3 Å². The van der Waals surface area contributed by atoms with Crippen LogP contribution in [-0.4, -0.2) is 18.6 Å². The summed E-state index contributed by atoms with van der Waals surface area (Å²) in [4.78, 5) is 0.0284. The lowest BCUT2D eigenvalue weighted by atomic mass is 10.0. The normalized spacial score (nSPS) is 14.7. The van der Waals surface area contributed by atoms with Crippen LogP contribution in [0.3, 0.4) is 0 Å². The summed E-state index contributed by atoms with van der Waals surface area (Å²) in [6.45, 7) is 0.0856. The molecule has 0 radical (unpaired) electrons. The van der Waals surface area contributed by atoms with Gasteiger partial charge in [-0.25, -0.2) is 12.8 Å². The standard InChI is InChI=1S/C22H14F3N3O3S/c23-16-9-7-13(8-10-16)17-3-1-2-4-18(17)28-12-15-6-5-14(11-19(15)32(28,29)30)21-26-27-22(31-21)20(24)25/h1-11,20H,12H2. The van der Waals surface area contributed by atoms with Crippen molar-refractivity contribution in [2.75, 3.05) is 4.31 Å². The van der Waals surface area contributed by atoms with Crippen molar-refractivity contribution in [2.24, 2.45) is 0 Å². The number of sulfonamides is 1. The minimum absolute atomic E-state index is 0.0284. The Morgan fingerprint density at radius 3 is 2.38 bits per heavy atom. The predicted molar refractivity (Wildman–Crippen MR) is 110 cm³/mol. The quantitative estimate of drug-likeness (QED) is 0.422. The maximum absolute atomic E-state index is 13.4. The second-order valence-electron chi connectivity index (χ2n) is 7.10. The second-order valence-corrected chi connectivity index (χ2v) is 8.94. The molecule has 6 nitrogen and oxygen atoms in total. The van der Waals surface area contributed by atoms with Crippen molar-refractivity contribution >= 4 is 15.7 Å². The van der Waals surface area contributed by atoms with Crippen LogP contribution in [-0.2, 0) is 16.6 Å². The minimum Gasteiger partial charge on any atom is -0.415 e. The largest absolute Gasteiger partial charge is 0.415 e. The van der Waals surface area contributed by atoms with Gasteiger partial charge in [0.25, 0.3) is 15.9 Å². The fourth-order valence-corrected chi connectivity index (χ4v) is 5.34. The molecule has 0 N–H and O–H groups in total. The lowest BCUT2D eigenvalue weighted by Gasteiger charge is -2.21. The molecule has 0 amide bonds. The van der Waals surface area contributed by atoms with Crippen LogP contribution in [0, 0.1) is 5.82 Å². The van der Waals surface area contributed by atoms with E-state index >= 15 is 0 Å². The number of rotatable bonds is 4. The van der Waals surface area contributed by atoms with Gasteiger partial charge in [-0.2, -0.15) is 8.78 Å². The molecular weight excluding hydrogens is 443 g/mol. The molecule has 0 spiro atoms. The van der Waals surface area contributed by atoms with Crippen LogP contribution >= 0.6 is 0 Å². The number of hydrogen-bond donors (Lipinski definition) is 0. The molecule has 2 heterocycles. The lowest BCUT2D eigenvalue weighted by molar-refractivity contribution is 0.116. The van der Waals surface area contributed by atoms with Crippen LogP contribution in [0.1, 0.15) is 17.9 Å². The summed E-state index contributed by atoms with van der Waals surface area (Å²) in [5.41, 5.74) is 2.49. The number of aromatic nitrogens is 2. The third kappa shape index (κ3) is 3.32. The van der Waals surface area contributed by atoms with Crippen molar-refractivity contribution in [2.45, 2.75) is 17.9 Å². The van der Waals surface area contributed by atoms with E-state index in [2.05, 4.69) is 10.2 Å². The molecule has 0 unspecified atom stereocenters. The third-order valence-electron chi connectivity index (χ3n) is 5.15. The lowest BCUT2D eigenvalue weighted by Crippen LogP contribution is -2.24. The first-order valence-corrected chi connectivity index (χ1v) is 10.9. The molecule has 162 valence electrons. The first kappa shape index (κ1) is 20.3. The highest BCUT2D eigenvalue weighted by atomic mass is 32.2. The summed E-state index contributed by atoms with van der Waals surface area (Å²) >= 11 is 0. The predicted octanol–water partition coefficient (Wildman–Crippen LogP) is 5.19. The number of anilines is 1. The van der Waals surface area contributed by atoms with Crippen molar-refractivity contribution in [3.63, 3.8) is 0 Å². The van der Waals surface area contributed by atoms with Gasteiger partial charge < -0.3 is 4.42 Å². The van der Waals surface area contributed by atoms with Crippen LogP contribution in [0.5, 0.6) is 0 Å². The maximum Gasteiger partial charge on any atom is 0.314 e. The van der Waals surface area contributed by atoms with Crippen molar-refractivity contribution in [3.05, 3.63) is 84.0 Å². The summed E-state index contributed by atoms with van der Waals surface area (Å²) in [5, 5.41) is 6.87. The van der Waals surface area contributed by atoms with Gasteiger partial charge in [-0.05, 0) is 41.5 Å². The van der Waals surface area contributed by atoms with E-state index in [1.807, 2.05) is 0 Å². The van der Waals surface area contributed by atoms with Gasteiger partial charge in [-0.1, -0.05) is 36.4 Å². The number of fused-ring (bicyclic) bond motifs is 1. The summed E-state index contributed by atoms with van der Waals surface area (Å²) in [7, 11) is -3.96. The van der Waals surface area contributed by atoms with Crippen molar-refractivity contribution in [3.8, 4) is 22.6 Å². The zero-order valence-electron chi connectivity index (χ0n) is 16.2. The molecule has 1 aromatic heterocycles. The first-order chi connectivity index (χ1) is 15.3. The van der Waals surface area contributed by atoms with Gasteiger partial charge in [0.1, 0.15) is 5.82 Å². The third-order valence-corrected chi connectivity index (χ3v) is 6.99. The van der Waals surface area contributed by atoms with E-state index < -0.39 is 28.2 Å². The number of hydrogen-bond acceptors (Lipinski definition) is 5. The van der Waals surface area contributed by atoms with Crippen LogP contribution in [0.15, 0.2) is 76.0 Å². The zero-order valence-corrected chi connectivity index (χ0v) is 17.1. The average molecular weight is 457 g/mol. The number of benzene rings is 3. The Morgan fingerprint density at radius 1 is 0.938 bits per heavy atom. The van der Waals surface area contributed by atoms with Gasteiger partial charge in [-0.3, -0.25) is 4.31 Å². The molecule has 0 saturated carbocycles. The van der Waals surface area contributed by atoms with Gasteiger partial charge >= 0.3 is 6.43 Å². The molecule has 4 aromatic rings.